The quantitative estimate of drug-likeness (QED) is 0.789. The van der Waals surface area contributed by atoms with Crippen molar-refractivity contribution in [3.05, 3.63) is 59.9 Å². The number of halogens is 3. The Labute approximate surface area is 162 Å². The van der Waals surface area contributed by atoms with Crippen molar-refractivity contribution < 1.29 is 18.3 Å². The van der Waals surface area contributed by atoms with E-state index in [2.05, 4.69) is 21.8 Å². The van der Waals surface area contributed by atoms with Gasteiger partial charge in [-0.25, -0.2) is 0 Å². The molecular weight excluding hydrogens is 369 g/mol. The molecule has 8 heteroatoms. The zero-order valence-electron chi connectivity index (χ0n) is 16.0. The lowest BCUT2D eigenvalue weighted by Gasteiger charge is -2.47. The third-order valence-corrected chi connectivity index (χ3v) is 5.30. The van der Waals surface area contributed by atoms with Crippen molar-refractivity contribution in [3.8, 4) is 0 Å². The first-order valence-corrected chi connectivity index (χ1v) is 9.23. The van der Waals surface area contributed by atoms with E-state index in [1.54, 1.807) is 23.9 Å². The zero-order chi connectivity index (χ0) is 20.5. The number of rotatable bonds is 5. The van der Waals surface area contributed by atoms with Gasteiger partial charge in [0.15, 0.2) is 0 Å². The molecule has 1 aliphatic heterocycles. The highest BCUT2D eigenvalue weighted by Crippen LogP contribution is 2.41. The Bertz CT molecular complexity index is 835. The van der Waals surface area contributed by atoms with Gasteiger partial charge in [0.05, 0.1) is 22.9 Å². The first-order valence-electron chi connectivity index (χ1n) is 9.23. The highest BCUT2D eigenvalue weighted by atomic mass is 19.4. The van der Waals surface area contributed by atoms with Gasteiger partial charge in [-0.15, -0.1) is 11.7 Å². The number of aliphatic hydroxyl groups is 1. The second-order valence-corrected chi connectivity index (χ2v) is 7.67. The van der Waals surface area contributed by atoms with E-state index in [9.17, 15) is 18.3 Å². The molecule has 2 aromatic rings. The number of hydrogen-bond acceptors (Lipinski definition) is 4. The standard InChI is InChI=1S/C20H25F3N4O/c1-4-8-27-14(2)10-19(28,12-18(27)17-13-26(3)25-24-17)11-15-6-5-7-16(9-15)20(21,22)23/h4-7,9,13-14,18,28H,1,8,10-12H2,2-3H3. The molecule has 1 saturated heterocycles. The Balaban J connectivity index is 1.88. The molecule has 3 unspecified atom stereocenters. The maximum atomic E-state index is 13.0. The minimum Gasteiger partial charge on any atom is -0.389 e. The lowest BCUT2D eigenvalue weighted by Crippen LogP contribution is -2.52. The van der Waals surface area contributed by atoms with Crippen molar-refractivity contribution in [1.29, 1.82) is 0 Å². The molecule has 3 rings (SSSR count). The predicted molar refractivity (Wildman–Crippen MR) is 99.4 cm³/mol. The molecule has 1 aromatic carbocycles. The highest BCUT2D eigenvalue weighted by Gasteiger charge is 2.43. The maximum absolute atomic E-state index is 13.0. The van der Waals surface area contributed by atoms with Gasteiger partial charge in [-0.3, -0.25) is 9.58 Å². The van der Waals surface area contributed by atoms with Gasteiger partial charge in [0, 0.05) is 32.3 Å². The Morgan fingerprint density at radius 3 is 2.71 bits per heavy atom. The van der Waals surface area contributed by atoms with E-state index in [1.165, 1.54) is 6.07 Å². The van der Waals surface area contributed by atoms with Crippen LogP contribution in [0.1, 0.15) is 42.6 Å². The average molecular weight is 394 g/mol. The number of benzene rings is 1. The van der Waals surface area contributed by atoms with Gasteiger partial charge < -0.3 is 5.11 Å². The van der Waals surface area contributed by atoms with Crippen LogP contribution in [0.25, 0.3) is 0 Å². The van der Waals surface area contributed by atoms with E-state index >= 15 is 0 Å². The molecule has 2 heterocycles. The van der Waals surface area contributed by atoms with Crippen LogP contribution in [0.4, 0.5) is 13.2 Å². The summed E-state index contributed by atoms with van der Waals surface area (Å²) in [7, 11) is 1.77. The first-order chi connectivity index (χ1) is 13.1. The lowest BCUT2D eigenvalue weighted by atomic mass is 9.77. The molecule has 1 fully saturated rings. The molecule has 152 valence electrons. The van der Waals surface area contributed by atoms with E-state index in [1.807, 2.05) is 13.1 Å². The zero-order valence-corrected chi connectivity index (χ0v) is 16.0. The molecule has 28 heavy (non-hydrogen) atoms. The Morgan fingerprint density at radius 1 is 1.36 bits per heavy atom. The van der Waals surface area contributed by atoms with Crippen LogP contribution in [0.5, 0.6) is 0 Å². The van der Waals surface area contributed by atoms with Crippen molar-refractivity contribution in [2.45, 2.75) is 50.0 Å². The van der Waals surface area contributed by atoms with Gasteiger partial charge in [0.2, 0.25) is 0 Å². The summed E-state index contributed by atoms with van der Waals surface area (Å²) in [4.78, 5) is 2.19. The summed E-state index contributed by atoms with van der Waals surface area (Å²) in [6.07, 6.45) is 0.176. The fourth-order valence-electron chi connectivity index (χ4n) is 4.17. The van der Waals surface area contributed by atoms with Gasteiger partial charge in [-0.05, 0) is 31.4 Å². The third-order valence-electron chi connectivity index (χ3n) is 5.30. The Kier molecular flexibility index (Phi) is 5.63. The normalized spacial score (nSPS) is 26.4. The molecule has 0 radical (unpaired) electrons. The van der Waals surface area contributed by atoms with Gasteiger partial charge in [-0.1, -0.05) is 29.5 Å². The molecule has 1 aromatic heterocycles. The highest BCUT2D eigenvalue weighted by molar-refractivity contribution is 5.27. The lowest BCUT2D eigenvalue weighted by molar-refractivity contribution is -0.137. The van der Waals surface area contributed by atoms with Gasteiger partial charge in [0.25, 0.3) is 0 Å². The van der Waals surface area contributed by atoms with Crippen LogP contribution in [0.15, 0.2) is 43.1 Å². The predicted octanol–water partition coefficient (Wildman–Crippen LogP) is 3.52. The van der Waals surface area contributed by atoms with Crippen molar-refractivity contribution in [3.63, 3.8) is 0 Å². The molecule has 1 aliphatic rings. The molecule has 0 saturated carbocycles. The Hall–Kier alpha value is -2.19. The van der Waals surface area contributed by atoms with Crippen LogP contribution in [0.2, 0.25) is 0 Å². The number of nitrogens with zero attached hydrogens (tertiary/aromatic N) is 4. The van der Waals surface area contributed by atoms with Crippen LogP contribution >= 0.6 is 0 Å². The van der Waals surface area contributed by atoms with Crippen LogP contribution in [-0.2, 0) is 19.6 Å². The van der Waals surface area contributed by atoms with E-state index < -0.39 is 17.3 Å². The molecule has 0 amide bonds. The number of aryl methyl sites for hydroxylation is 1. The van der Waals surface area contributed by atoms with Crippen molar-refractivity contribution in [2.24, 2.45) is 7.05 Å². The third kappa shape index (κ3) is 4.44. The van der Waals surface area contributed by atoms with E-state index in [0.29, 0.717) is 24.9 Å². The molecule has 0 aliphatic carbocycles. The fraction of sp³-hybridized carbons (Fsp3) is 0.500. The smallest absolute Gasteiger partial charge is 0.389 e. The number of hydrogen-bond donors (Lipinski definition) is 1. The first kappa shape index (κ1) is 20.5. The Morgan fingerprint density at radius 2 is 2.11 bits per heavy atom. The largest absolute Gasteiger partial charge is 0.416 e. The second-order valence-electron chi connectivity index (χ2n) is 7.67. The van der Waals surface area contributed by atoms with Crippen LogP contribution in [0, 0.1) is 0 Å². The number of likely N-dealkylation sites (tertiary alicyclic amines) is 1. The monoisotopic (exact) mass is 394 g/mol. The number of aromatic nitrogens is 3. The summed E-state index contributed by atoms with van der Waals surface area (Å²) in [5, 5.41) is 19.5. The van der Waals surface area contributed by atoms with Crippen LogP contribution in [-0.4, -0.2) is 43.2 Å². The van der Waals surface area contributed by atoms with E-state index in [4.69, 9.17) is 0 Å². The molecule has 1 N–H and O–H groups in total. The summed E-state index contributed by atoms with van der Waals surface area (Å²) in [6.45, 7) is 6.44. The molecule has 0 spiro atoms. The summed E-state index contributed by atoms with van der Waals surface area (Å²) in [5.74, 6) is 0. The van der Waals surface area contributed by atoms with Crippen molar-refractivity contribution in [2.75, 3.05) is 6.54 Å². The summed E-state index contributed by atoms with van der Waals surface area (Å²) < 4.78 is 40.7. The minimum atomic E-state index is -4.40. The SMILES string of the molecule is C=CCN1C(C)CC(O)(Cc2cccc(C(F)(F)F)c2)CC1c1cn(C)nn1. The number of alkyl halides is 3. The molecule has 3 atom stereocenters. The summed E-state index contributed by atoms with van der Waals surface area (Å²) in [6, 6.07) is 5.01. The maximum Gasteiger partial charge on any atom is 0.416 e. The average Bonchev–Trinajstić information content (AvgIpc) is 3.03. The van der Waals surface area contributed by atoms with Gasteiger partial charge in [0.1, 0.15) is 0 Å². The van der Waals surface area contributed by atoms with Crippen molar-refractivity contribution in [1.82, 2.24) is 19.9 Å². The fourth-order valence-corrected chi connectivity index (χ4v) is 4.17. The molecular formula is C20H25F3N4O. The minimum absolute atomic E-state index is 0.00885. The van der Waals surface area contributed by atoms with Gasteiger partial charge in [-0.2, -0.15) is 13.2 Å². The second kappa shape index (κ2) is 7.67. The molecule has 5 nitrogen and oxygen atoms in total. The number of piperidine rings is 1. The van der Waals surface area contributed by atoms with Crippen LogP contribution < -0.4 is 0 Å². The summed E-state index contributed by atoms with van der Waals surface area (Å²) >= 11 is 0. The van der Waals surface area contributed by atoms with Gasteiger partial charge >= 0.3 is 6.18 Å². The summed E-state index contributed by atoms with van der Waals surface area (Å²) in [5.41, 5.74) is -0.627. The topological polar surface area (TPSA) is 54.2 Å². The molecule has 0 bridgehead atoms. The van der Waals surface area contributed by atoms with E-state index in [-0.39, 0.29) is 18.5 Å². The van der Waals surface area contributed by atoms with Crippen molar-refractivity contribution >= 4 is 0 Å². The van der Waals surface area contributed by atoms with E-state index in [0.717, 1.165) is 17.8 Å². The van der Waals surface area contributed by atoms with Crippen LogP contribution in [0.3, 0.4) is 0 Å².